The Morgan fingerprint density at radius 1 is 0.900 bits per heavy atom. The lowest BCUT2D eigenvalue weighted by Gasteiger charge is -1.97. The molecule has 0 aromatic heterocycles. The predicted octanol–water partition coefficient (Wildman–Crippen LogP) is 2.54. The quantitative estimate of drug-likeness (QED) is 0.560. The summed E-state index contributed by atoms with van der Waals surface area (Å²) in [7, 11) is 0. The van der Waals surface area contributed by atoms with E-state index >= 15 is 0 Å². The van der Waals surface area contributed by atoms with Gasteiger partial charge in [-0.05, 0) is 12.1 Å². The summed E-state index contributed by atoms with van der Waals surface area (Å²) in [4.78, 5) is -0.00870. The molecule has 0 nitrogen and oxygen atoms in total. The molecular weight excluding hydrogens is 174 g/mol. The highest BCUT2D eigenvalue weighted by Gasteiger charge is 2.07. The van der Waals surface area contributed by atoms with Crippen LogP contribution in [-0.2, 0) is 0 Å². The standard InChI is InChI=1S/C6H4F2S2/c7-5-3(9)1-2-4(10)6(5)8/h1-2,9-10H. The van der Waals surface area contributed by atoms with Crippen LogP contribution >= 0.6 is 25.3 Å². The Bertz CT molecular complexity index is 233. The van der Waals surface area contributed by atoms with Gasteiger partial charge < -0.3 is 0 Å². The third-order valence-electron chi connectivity index (χ3n) is 1.04. The Morgan fingerprint density at radius 3 is 1.50 bits per heavy atom. The van der Waals surface area contributed by atoms with Crippen molar-refractivity contribution in [2.75, 3.05) is 0 Å². The number of halogens is 2. The molecule has 0 spiro atoms. The van der Waals surface area contributed by atoms with Gasteiger partial charge in [-0.3, -0.25) is 0 Å². The Kier molecular flexibility index (Phi) is 2.21. The maximum absolute atomic E-state index is 12.5. The minimum absolute atomic E-state index is 0.00435. The van der Waals surface area contributed by atoms with Gasteiger partial charge >= 0.3 is 0 Å². The van der Waals surface area contributed by atoms with E-state index in [0.29, 0.717) is 0 Å². The van der Waals surface area contributed by atoms with Crippen molar-refractivity contribution in [1.82, 2.24) is 0 Å². The maximum atomic E-state index is 12.5. The first-order valence-corrected chi connectivity index (χ1v) is 3.38. The summed E-state index contributed by atoms with van der Waals surface area (Å²) >= 11 is 7.33. The molecule has 0 N–H and O–H groups in total. The number of rotatable bonds is 0. The van der Waals surface area contributed by atoms with E-state index < -0.39 is 11.6 Å². The van der Waals surface area contributed by atoms with Crippen LogP contribution in [0.2, 0.25) is 0 Å². The largest absolute Gasteiger partial charge is 0.202 e. The highest BCUT2D eigenvalue weighted by Crippen LogP contribution is 2.20. The average Bonchev–Trinajstić information content (AvgIpc) is 1.93. The van der Waals surface area contributed by atoms with Crippen LogP contribution < -0.4 is 0 Å². The first kappa shape index (κ1) is 7.88. The van der Waals surface area contributed by atoms with E-state index in [9.17, 15) is 8.78 Å². The van der Waals surface area contributed by atoms with Gasteiger partial charge in [0.15, 0.2) is 11.6 Å². The molecule has 0 radical (unpaired) electrons. The first-order chi connectivity index (χ1) is 4.63. The topological polar surface area (TPSA) is 0 Å². The molecule has 0 bridgehead atoms. The van der Waals surface area contributed by atoms with Crippen molar-refractivity contribution in [2.45, 2.75) is 9.79 Å². The van der Waals surface area contributed by atoms with Gasteiger partial charge in [-0.15, -0.1) is 25.3 Å². The van der Waals surface area contributed by atoms with Gasteiger partial charge in [0, 0.05) is 9.79 Å². The van der Waals surface area contributed by atoms with Crippen molar-refractivity contribution in [1.29, 1.82) is 0 Å². The maximum Gasteiger partial charge on any atom is 0.173 e. The lowest BCUT2D eigenvalue weighted by Crippen LogP contribution is -1.86. The number of hydrogen-bond donors (Lipinski definition) is 2. The molecule has 1 aromatic carbocycles. The Hall–Kier alpha value is -0.220. The van der Waals surface area contributed by atoms with Crippen LogP contribution in [0.4, 0.5) is 8.78 Å². The molecule has 0 atom stereocenters. The van der Waals surface area contributed by atoms with E-state index in [0.717, 1.165) is 0 Å². The van der Waals surface area contributed by atoms with Gasteiger partial charge in [0.05, 0.1) is 0 Å². The Morgan fingerprint density at radius 2 is 1.20 bits per heavy atom. The summed E-state index contributed by atoms with van der Waals surface area (Å²) in [5, 5.41) is 0. The van der Waals surface area contributed by atoms with Gasteiger partial charge in [-0.2, -0.15) is 0 Å². The number of benzene rings is 1. The van der Waals surface area contributed by atoms with Gasteiger partial charge in [0.25, 0.3) is 0 Å². The average molecular weight is 178 g/mol. The Labute approximate surface area is 68.1 Å². The van der Waals surface area contributed by atoms with Crippen LogP contribution in [0.1, 0.15) is 0 Å². The number of hydrogen-bond acceptors (Lipinski definition) is 2. The molecule has 10 heavy (non-hydrogen) atoms. The predicted molar refractivity (Wildman–Crippen MR) is 40.9 cm³/mol. The molecular formula is C6H4F2S2. The summed E-state index contributed by atoms with van der Waals surface area (Å²) in [5.74, 6) is -1.90. The first-order valence-electron chi connectivity index (χ1n) is 2.49. The molecule has 0 aliphatic heterocycles. The smallest absolute Gasteiger partial charge is 0.173 e. The molecule has 1 rings (SSSR count). The molecule has 0 amide bonds. The van der Waals surface area contributed by atoms with Crippen molar-refractivity contribution in [3.05, 3.63) is 23.8 Å². The minimum atomic E-state index is -0.948. The van der Waals surface area contributed by atoms with E-state index in [1.54, 1.807) is 0 Å². The van der Waals surface area contributed by atoms with Gasteiger partial charge in [0.1, 0.15) is 0 Å². The SMILES string of the molecule is Fc1c(S)ccc(S)c1F. The normalized spacial score (nSPS) is 10.0. The summed E-state index contributed by atoms with van der Waals surface area (Å²) in [5.41, 5.74) is 0. The van der Waals surface area contributed by atoms with Crippen molar-refractivity contribution < 1.29 is 8.78 Å². The minimum Gasteiger partial charge on any atom is -0.202 e. The third-order valence-corrected chi connectivity index (χ3v) is 1.73. The monoisotopic (exact) mass is 178 g/mol. The van der Waals surface area contributed by atoms with Crippen molar-refractivity contribution in [3.63, 3.8) is 0 Å². The fraction of sp³-hybridized carbons (Fsp3) is 0. The number of thiol groups is 2. The second kappa shape index (κ2) is 2.80. The Balaban J connectivity index is 3.34. The van der Waals surface area contributed by atoms with Gasteiger partial charge in [-0.25, -0.2) is 8.78 Å². The summed E-state index contributed by atoms with van der Waals surface area (Å²) in [6, 6.07) is 2.70. The highest BCUT2D eigenvalue weighted by atomic mass is 32.1. The van der Waals surface area contributed by atoms with Crippen LogP contribution in [-0.4, -0.2) is 0 Å². The molecule has 0 fully saturated rings. The molecule has 0 aliphatic carbocycles. The zero-order chi connectivity index (χ0) is 7.72. The fourth-order valence-corrected chi connectivity index (χ4v) is 0.874. The summed E-state index contributed by atoms with van der Waals surface area (Å²) < 4.78 is 25.0. The van der Waals surface area contributed by atoms with Crippen molar-refractivity contribution in [2.24, 2.45) is 0 Å². The zero-order valence-electron chi connectivity index (χ0n) is 4.81. The van der Waals surface area contributed by atoms with Crippen molar-refractivity contribution >= 4 is 25.3 Å². The van der Waals surface area contributed by atoms with Crippen LogP contribution in [0.5, 0.6) is 0 Å². The summed E-state index contributed by atoms with van der Waals surface area (Å²) in [6.07, 6.45) is 0. The van der Waals surface area contributed by atoms with E-state index in [1.165, 1.54) is 12.1 Å². The second-order valence-corrected chi connectivity index (χ2v) is 2.70. The second-order valence-electron chi connectivity index (χ2n) is 1.73. The van der Waals surface area contributed by atoms with Crippen LogP contribution in [0, 0.1) is 11.6 Å². The van der Waals surface area contributed by atoms with Crippen LogP contribution in [0.25, 0.3) is 0 Å². The molecule has 0 heterocycles. The molecule has 1 aromatic rings. The van der Waals surface area contributed by atoms with Crippen LogP contribution in [0.15, 0.2) is 21.9 Å². The molecule has 0 saturated heterocycles. The van der Waals surface area contributed by atoms with Crippen LogP contribution in [0.3, 0.4) is 0 Å². The molecule has 54 valence electrons. The lowest BCUT2D eigenvalue weighted by molar-refractivity contribution is 0.476. The lowest BCUT2D eigenvalue weighted by atomic mass is 10.3. The molecule has 0 saturated carbocycles. The molecule has 0 aliphatic rings. The van der Waals surface area contributed by atoms with E-state index in [4.69, 9.17) is 0 Å². The molecule has 0 unspecified atom stereocenters. The molecule has 4 heteroatoms. The third kappa shape index (κ3) is 1.27. The van der Waals surface area contributed by atoms with Gasteiger partial charge in [0.2, 0.25) is 0 Å². The van der Waals surface area contributed by atoms with E-state index in [1.807, 2.05) is 0 Å². The van der Waals surface area contributed by atoms with Gasteiger partial charge in [-0.1, -0.05) is 0 Å². The van der Waals surface area contributed by atoms with E-state index in [2.05, 4.69) is 25.3 Å². The van der Waals surface area contributed by atoms with E-state index in [-0.39, 0.29) is 9.79 Å². The summed E-state index contributed by atoms with van der Waals surface area (Å²) in [6.45, 7) is 0. The van der Waals surface area contributed by atoms with Crippen molar-refractivity contribution in [3.8, 4) is 0 Å². The fourth-order valence-electron chi connectivity index (χ4n) is 0.529. The highest BCUT2D eigenvalue weighted by molar-refractivity contribution is 7.80. The zero-order valence-corrected chi connectivity index (χ0v) is 6.59.